The molecule has 0 spiro atoms. The molecule has 2 aromatic rings. The Kier molecular flexibility index (Phi) is 5.85. The molecule has 1 aliphatic heterocycles. The Morgan fingerprint density at radius 1 is 1.00 bits per heavy atom. The van der Waals surface area contributed by atoms with Crippen molar-refractivity contribution >= 4 is 11.4 Å². The summed E-state index contributed by atoms with van der Waals surface area (Å²) >= 11 is 0. The van der Waals surface area contributed by atoms with Crippen LogP contribution in [-0.2, 0) is 11.3 Å². The quantitative estimate of drug-likeness (QED) is 0.672. The SMILES string of the molecule is CC1(N)C=C(c2cccc(COC(C(F)(F)F)C(F)(F)F)c2)N(c2ccccc2)N1. The smallest absolute Gasteiger partial charge is 0.356 e. The van der Waals surface area contributed by atoms with Gasteiger partial charge in [0.25, 0.3) is 0 Å². The molecule has 0 fully saturated rings. The summed E-state index contributed by atoms with van der Waals surface area (Å²) in [6.07, 6.45) is -13.2. The Morgan fingerprint density at radius 2 is 1.63 bits per heavy atom. The molecule has 1 atom stereocenters. The summed E-state index contributed by atoms with van der Waals surface area (Å²) in [4.78, 5) is 0. The van der Waals surface area contributed by atoms with E-state index in [0.29, 0.717) is 11.3 Å². The lowest BCUT2D eigenvalue weighted by molar-refractivity contribution is -0.324. The number of halogens is 6. The monoisotopic (exact) mass is 431 g/mol. The fraction of sp³-hybridized carbons (Fsp3) is 0.300. The van der Waals surface area contributed by atoms with Crippen LogP contribution in [-0.4, -0.2) is 24.1 Å². The van der Waals surface area contributed by atoms with Crippen LogP contribution in [0.4, 0.5) is 32.0 Å². The van der Waals surface area contributed by atoms with Crippen molar-refractivity contribution in [1.29, 1.82) is 0 Å². The van der Waals surface area contributed by atoms with Gasteiger partial charge in [-0.3, -0.25) is 5.01 Å². The molecule has 2 aromatic carbocycles. The minimum Gasteiger partial charge on any atom is -0.356 e. The van der Waals surface area contributed by atoms with Gasteiger partial charge in [0.05, 0.1) is 18.0 Å². The molecular weight excluding hydrogens is 412 g/mol. The highest BCUT2D eigenvalue weighted by atomic mass is 19.4. The molecule has 0 radical (unpaired) electrons. The summed E-state index contributed by atoms with van der Waals surface area (Å²) in [5.74, 6) is 0. The molecule has 0 amide bonds. The minimum atomic E-state index is -5.56. The van der Waals surface area contributed by atoms with E-state index in [1.807, 2.05) is 30.3 Å². The summed E-state index contributed by atoms with van der Waals surface area (Å²) in [7, 11) is 0. The molecule has 162 valence electrons. The third-order valence-corrected chi connectivity index (χ3v) is 4.28. The Bertz CT molecular complexity index is 895. The van der Waals surface area contributed by atoms with Gasteiger partial charge in [0.2, 0.25) is 6.10 Å². The fourth-order valence-electron chi connectivity index (χ4n) is 3.05. The van der Waals surface area contributed by atoms with Crippen LogP contribution in [0.2, 0.25) is 0 Å². The van der Waals surface area contributed by atoms with Crippen molar-refractivity contribution in [2.45, 2.75) is 37.7 Å². The van der Waals surface area contributed by atoms with Crippen LogP contribution in [0, 0.1) is 0 Å². The van der Waals surface area contributed by atoms with E-state index in [0.717, 1.165) is 5.69 Å². The van der Waals surface area contributed by atoms with Crippen LogP contribution in [0.3, 0.4) is 0 Å². The molecule has 1 aliphatic rings. The number of hydrazine groups is 1. The molecule has 10 heteroatoms. The fourth-order valence-corrected chi connectivity index (χ4v) is 3.05. The number of para-hydroxylation sites is 1. The van der Waals surface area contributed by atoms with Crippen LogP contribution >= 0.6 is 0 Å². The second kappa shape index (κ2) is 7.93. The van der Waals surface area contributed by atoms with Gasteiger partial charge in [-0.25, -0.2) is 5.43 Å². The van der Waals surface area contributed by atoms with Crippen molar-refractivity contribution in [2.24, 2.45) is 5.73 Å². The van der Waals surface area contributed by atoms with Crippen molar-refractivity contribution in [2.75, 3.05) is 5.01 Å². The topological polar surface area (TPSA) is 50.5 Å². The van der Waals surface area contributed by atoms with Gasteiger partial charge in [0.1, 0.15) is 5.66 Å². The third kappa shape index (κ3) is 5.13. The largest absolute Gasteiger partial charge is 0.423 e. The molecule has 3 N–H and O–H groups in total. The van der Waals surface area contributed by atoms with Crippen LogP contribution in [0.5, 0.6) is 0 Å². The number of nitrogens with zero attached hydrogens (tertiary/aromatic N) is 1. The molecule has 0 aromatic heterocycles. The molecule has 0 saturated heterocycles. The average Bonchev–Trinajstić information content (AvgIpc) is 2.96. The van der Waals surface area contributed by atoms with E-state index in [1.165, 1.54) is 18.2 Å². The molecule has 1 unspecified atom stereocenters. The Hall–Kier alpha value is -2.56. The number of alkyl halides is 6. The van der Waals surface area contributed by atoms with E-state index < -0.39 is 30.7 Å². The number of hydrogen-bond acceptors (Lipinski definition) is 4. The van der Waals surface area contributed by atoms with Crippen LogP contribution in [0.15, 0.2) is 60.7 Å². The van der Waals surface area contributed by atoms with Gasteiger partial charge >= 0.3 is 12.4 Å². The lowest BCUT2D eigenvalue weighted by atomic mass is 10.1. The maximum Gasteiger partial charge on any atom is 0.423 e. The van der Waals surface area contributed by atoms with Crippen molar-refractivity contribution in [3.05, 3.63) is 71.8 Å². The van der Waals surface area contributed by atoms with E-state index >= 15 is 0 Å². The van der Waals surface area contributed by atoms with Crippen molar-refractivity contribution in [3.8, 4) is 0 Å². The van der Waals surface area contributed by atoms with E-state index in [9.17, 15) is 26.3 Å². The van der Waals surface area contributed by atoms with Gasteiger partial charge in [-0.15, -0.1) is 0 Å². The maximum atomic E-state index is 12.7. The molecule has 0 aliphatic carbocycles. The van der Waals surface area contributed by atoms with Crippen molar-refractivity contribution in [1.82, 2.24) is 5.43 Å². The van der Waals surface area contributed by atoms with E-state index in [1.54, 1.807) is 24.1 Å². The first-order valence-electron chi connectivity index (χ1n) is 8.86. The molecule has 30 heavy (non-hydrogen) atoms. The number of nitrogens with two attached hydrogens (primary N) is 1. The lowest BCUT2D eigenvalue weighted by Gasteiger charge is -2.27. The zero-order valence-electron chi connectivity index (χ0n) is 15.8. The zero-order chi connectivity index (χ0) is 22.2. The minimum absolute atomic E-state index is 0.158. The first kappa shape index (κ1) is 22.1. The molecule has 0 saturated carbocycles. The van der Waals surface area contributed by atoms with Crippen molar-refractivity contribution < 1.29 is 31.1 Å². The molecule has 4 nitrogen and oxygen atoms in total. The predicted molar refractivity (Wildman–Crippen MR) is 99.8 cm³/mol. The summed E-state index contributed by atoms with van der Waals surface area (Å²) in [5.41, 5.74) is 10.4. The zero-order valence-corrected chi connectivity index (χ0v) is 15.8. The summed E-state index contributed by atoms with van der Waals surface area (Å²) in [5, 5.41) is 1.70. The highest BCUT2D eigenvalue weighted by molar-refractivity contribution is 5.81. The summed E-state index contributed by atoms with van der Waals surface area (Å²) in [6, 6.07) is 15.2. The third-order valence-electron chi connectivity index (χ3n) is 4.28. The second-order valence-corrected chi connectivity index (χ2v) is 7.07. The van der Waals surface area contributed by atoms with Crippen LogP contribution < -0.4 is 16.2 Å². The molecule has 0 bridgehead atoms. The lowest BCUT2D eigenvalue weighted by Crippen LogP contribution is -2.51. The Morgan fingerprint density at radius 3 is 2.23 bits per heavy atom. The van der Waals surface area contributed by atoms with Crippen molar-refractivity contribution in [3.63, 3.8) is 0 Å². The predicted octanol–water partition coefficient (Wildman–Crippen LogP) is 4.74. The molecule has 3 rings (SSSR count). The maximum absolute atomic E-state index is 12.7. The summed E-state index contributed by atoms with van der Waals surface area (Å²) in [6.45, 7) is 0.865. The number of hydrogen-bond donors (Lipinski definition) is 2. The van der Waals surface area contributed by atoms with Crippen LogP contribution in [0.25, 0.3) is 5.70 Å². The number of nitrogens with one attached hydrogen (secondary N) is 1. The highest BCUT2D eigenvalue weighted by Crippen LogP contribution is 2.36. The first-order chi connectivity index (χ1) is 13.9. The number of anilines is 1. The van der Waals surface area contributed by atoms with E-state index in [-0.39, 0.29) is 5.56 Å². The standard InChI is InChI=1S/C20H19F6N3O/c1-18(27)11-16(29(28-18)15-8-3-2-4-9-15)14-7-5-6-13(10-14)12-30-17(19(21,22)23)20(24,25)26/h2-11,17,28H,12,27H2,1H3. The van der Waals surface area contributed by atoms with Gasteiger partial charge < -0.3 is 10.5 Å². The Balaban J connectivity index is 1.85. The highest BCUT2D eigenvalue weighted by Gasteiger charge is 2.57. The summed E-state index contributed by atoms with van der Waals surface area (Å²) < 4.78 is 80.3. The first-order valence-corrected chi connectivity index (χ1v) is 8.86. The van der Waals surface area contributed by atoms with Gasteiger partial charge in [-0.2, -0.15) is 26.3 Å². The second-order valence-electron chi connectivity index (χ2n) is 7.07. The number of rotatable bonds is 5. The Labute approximate surface area is 168 Å². The van der Waals surface area contributed by atoms with Gasteiger partial charge in [0.15, 0.2) is 0 Å². The van der Waals surface area contributed by atoms with E-state index in [4.69, 9.17) is 5.73 Å². The average molecular weight is 431 g/mol. The van der Waals surface area contributed by atoms with Gasteiger partial charge in [0, 0.05) is 0 Å². The molecule has 1 heterocycles. The van der Waals surface area contributed by atoms with Gasteiger partial charge in [-0.1, -0.05) is 36.4 Å². The van der Waals surface area contributed by atoms with Gasteiger partial charge in [-0.05, 0) is 42.3 Å². The van der Waals surface area contributed by atoms with Crippen LogP contribution in [0.1, 0.15) is 18.1 Å². The molecular formula is C20H19F6N3O. The number of ether oxygens (including phenoxy) is 1. The normalized spacial score (nSPS) is 20.0. The van der Waals surface area contributed by atoms with E-state index in [2.05, 4.69) is 10.2 Å². The number of benzene rings is 2.